The molecule has 0 aliphatic carbocycles. The van der Waals surface area contributed by atoms with Gasteiger partial charge in [-0.2, -0.15) is 5.26 Å². The Labute approximate surface area is 152 Å². The lowest BCUT2D eigenvalue weighted by Crippen LogP contribution is -2.34. The highest BCUT2D eigenvalue weighted by Crippen LogP contribution is 2.15. The smallest absolute Gasteiger partial charge is 0.257 e. The monoisotopic (exact) mass is 353 g/mol. The van der Waals surface area contributed by atoms with E-state index >= 15 is 0 Å². The highest BCUT2D eigenvalue weighted by atomic mass is 32.1. The second-order valence-electron chi connectivity index (χ2n) is 5.30. The van der Waals surface area contributed by atoms with Gasteiger partial charge in [-0.15, -0.1) is 0 Å². The summed E-state index contributed by atoms with van der Waals surface area (Å²) in [6.45, 7) is 2.71. The van der Waals surface area contributed by atoms with Gasteiger partial charge in [0.25, 0.3) is 5.91 Å². The zero-order chi connectivity index (χ0) is 18.1. The van der Waals surface area contributed by atoms with Crippen LogP contribution in [0.5, 0.6) is 5.75 Å². The molecule has 0 heterocycles. The molecule has 2 N–H and O–H groups in total. The molecule has 2 aromatic carbocycles. The largest absolute Gasteiger partial charge is 0.494 e. The molecule has 0 spiro atoms. The summed E-state index contributed by atoms with van der Waals surface area (Å²) in [7, 11) is 0. The fraction of sp³-hybridized carbons (Fsp3) is 0.211. The van der Waals surface area contributed by atoms with Gasteiger partial charge in [0.1, 0.15) is 11.8 Å². The summed E-state index contributed by atoms with van der Waals surface area (Å²) in [5.41, 5.74) is 1.45. The fourth-order valence-corrected chi connectivity index (χ4v) is 2.28. The minimum absolute atomic E-state index is 0.130. The van der Waals surface area contributed by atoms with Gasteiger partial charge in [0.05, 0.1) is 17.9 Å². The molecular weight excluding hydrogens is 334 g/mol. The van der Waals surface area contributed by atoms with E-state index in [9.17, 15) is 4.79 Å². The van der Waals surface area contributed by atoms with Crippen molar-refractivity contribution < 1.29 is 9.53 Å². The highest BCUT2D eigenvalue weighted by molar-refractivity contribution is 7.80. The molecule has 0 radical (unpaired) electrons. The normalized spacial score (nSPS) is 9.76. The van der Waals surface area contributed by atoms with Crippen molar-refractivity contribution in [2.24, 2.45) is 0 Å². The Balaban J connectivity index is 1.98. The Morgan fingerprint density at radius 1 is 1.24 bits per heavy atom. The second kappa shape index (κ2) is 9.40. The number of nitrogens with zero attached hydrogens (tertiary/aromatic N) is 1. The topological polar surface area (TPSA) is 74.2 Å². The predicted octanol–water partition coefficient (Wildman–Crippen LogP) is 3.86. The van der Waals surface area contributed by atoms with Gasteiger partial charge >= 0.3 is 0 Å². The molecule has 0 saturated heterocycles. The SMILES string of the molecule is CCCCOc1cccc(C(=O)NC(=S)Nc2ccccc2C#N)c1. The highest BCUT2D eigenvalue weighted by Gasteiger charge is 2.10. The number of benzene rings is 2. The van der Waals surface area contributed by atoms with Crippen LogP contribution in [0.15, 0.2) is 48.5 Å². The lowest BCUT2D eigenvalue weighted by atomic mass is 10.2. The Morgan fingerprint density at radius 2 is 2.04 bits per heavy atom. The molecule has 0 unspecified atom stereocenters. The van der Waals surface area contributed by atoms with Crippen LogP contribution in [0.2, 0.25) is 0 Å². The van der Waals surface area contributed by atoms with E-state index in [2.05, 4.69) is 23.6 Å². The quantitative estimate of drug-likeness (QED) is 0.609. The van der Waals surface area contributed by atoms with E-state index in [4.69, 9.17) is 22.2 Å². The molecule has 2 rings (SSSR count). The maximum atomic E-state index is 12.3. The number of ether oxygens (including phenoxy) is 1. The molecule has 0 aliphatic heterocycles. The first kappa shape index (κ1) is 18.4. The first-order valence-corrected chi connectivity index (χ1v) is 8.39. The molecule has 5 nitrogen and oxygen atoms in total. The predicted molar refractivity (Wildman–Crippen MR) is 102 cm³/mol. The first-order chi connectivity index (χ1) is 12.1. The van der Waals surface area contributed by atoms with Crippen molar-refractivity contribution in [2.45, 2.75) is 19.8 Å². The lowest BCUT2D eigenvalue weighted by Gasteiger charge is -2.11. The Kier molecular flexibility index (Phi) is 6.93. The van der Waals surface area contributed by atoms with Gasteiger partial charge in [0.2, 0.25) is 0 Å². The van der Waals surface area contributed by atoms with Gasteiger partial charge in [0.15, 0.2) is 5.11 Å². The van der Waals surface area contributed by atoms with Crippen LogP contribution in [-0.4, -0.2) is 17.6 Å². The Morgan fingerprint density at radius 3 is 2.80 bits per heavy atom. The Hall–Kier alpha value is -2.91. The van der Waals surface area contributed by atoms with Gasteiger partial charge in [-0.1, -0.05) is 31.5 Å². The maximum Gasteiger partial charge on any atom is 0.257 e. The van der Waals surface area contributed by atoms with Crippen LogP contribution in [-0.2, 0) is 0 Å². The number of nitriles is 1. The summed E-state index contributed by atoms with van der Waals surface area (Å²) in [6, 6.07) is 15.9. The van der Waals surface area contributed by atoms with Crippen LogP contribution >= 0.6 is 12.2 Å². The van der Waals surface area contributed by atoms with Crippen LogP contribution in [0.4, 0.5) is 5.69 Å². The number of carbonyl (C=O) groups is 1. The molecule has 0 fully saturated rings. The van der Waals surface area contributed by atoms with E-state index in [1.807, 2.05) is 6.07 Å². The molecule has 0 saturated carbocycles. The van der Waals surface area contributed by atoms with Crippen molar-refractivity contribution in [3.63, 3.8) is 0 Å². The van der Waals surface area contributed by atoms with Gasteiger partial charge in [-0.25, -0.2) is 0 Å². The summed E-state index contributed by atoms with van der Waals surface area (Å²) in [6.07, 6.45) is 2.01. The van der Waals surface area contributed by atoms with Crippen molar-refractivity contribution >= 4 is 28.9 Å². The molecule has 0 aliphatic rings. The van der Waals surface area contributed by atoms with Crippen LogP contribution < -0.4 is 15.4 Å². The third kappa shape index (κ3) is 5.59. The summed E-state index contributed by atoms with van der Waals surface area (Å²) in [4.78, 5) is 12.3. The number of anilines is 1. The molecule has 2 aromatic rings. The van der Waals surface area contributed by atoms with Crippen molar-refractivity contribution in [3.8, 4) is 11.8 Å². The summed E-state index contributed by atoms with van der Waals surface area (Å²) >= 11 is 5.15. The van der Waals surface area contributed by atoms with E-state index in [0.717, 1.165) is 12.8 Å². The first-order valence-electron chi connectivity index (χ1n) is 7.98. The van der Waals surface area contributed by atoms with E-state index in [0.29, 0.717) is 29.2 Å². The fourth-order valence-electron chi connectivity index (χ4n) is 2.08. The number of amides is 1. The molecule has 0 atom stereocenters. The van der Waals surface area contributed by atoms with E-state index < -0.39 is 0 Å². The number of thiocarbonyl (C=S) groups is 1. The maximum absolute atomic E-state index is 12.3. The minimum atomic E-state index is -0.340. The van der Waals surface area contributed by atoms with Crippen molar-refractivity contribution in [3.05, 3.63) is 59.7 Å². The molecule has 0 aromatic heterocycles. The molecule has 0 bridgehead atoms. The van der Waals surface area contributed by atoms with E-state index in [1.54, 1.807) is 42.5 Å². The Bertz CT molecular complexity index is 799. The average molecular weight is 353 g/mol. The van der Waals surface area contributed by atoms with E-state index in [-0.39, 0.29) is 11.0 Å². The van der Waals surface area contributed by atoms with Crippen LogP contribution in [0.1, 0.15) is 35.7 Å². The number of nitrogens with one attached hydrogen (secondary N) is 2. The number of hydrogen-bond acceptors (Lipinski definition) is 4. The van der Waals surface area contributed by atoms with Crippen LogP contribution in [0.25, 0.3) is 0 Å². The molecular formula is C19H19N3O2S. The van der Waals surface area contributed by atoms with Gasteiger partial charge < -0.3 is 10.1 Å². The third-order valence-electron chi connectivity index (χ3n) is 3.39. The van der Waals surface area contributed by atoms with Gasteiger partial charge in [0, 0.05) is 5.56 Å². The van der Waals surface area contributed by atoms with Crippen molar-refractivity contribution in [2.75, 3.05) is 11.9 Å². The summed E-state index contributed by atoms with van der Waals surface area (Å²) in [5.74, 6) is 0.308. The molecule has 1 amide bonds. The zero-order valence-electron chi connectivity index (χ0n) is 13.9. The van der Waals surface area contributed by atoms with Crippen LogP contribution in [0, 0.1) is 11.3 Å². The van der Waals surface area contributed by atoms with Crippen molar-refractivity contribution in [1.82, 2.24) is 5.32 Å². The number of para-hydroxylation sites is 1. The zero-order valence-corrected chi connectivity index (χ0v) is 14.7. The van der Waals surface area contributed by atoms with E-state index in [1.165, 1.54) is 0 Å². The molecule has 6 heteroatoms. The standard InChI is InChI=1S/C19H19N3O2S/c1-2-3-11-24-16-9-6-8-14(12-16)18(23)22-19(25)21-17-10-5-4-7-15(17)13-20/h4-10,12H,2-3,11H2,1H3,(H2,21,22,23,25). The molecule has 128 valence electrons. The third-order valence-corrected chi connectivity index (χ3v) is 3.59. The summed E-state index contributed by atoms with van der Waals surface area (Å²) < 4.78 is 5.60. The summed E-state index contributed by atoms with van der Waals surface area (Å²) in [5, 5.41) is 14.7. The van der Waals surface area contributed by atoms with Gasteiger partial charge in [-0.3, -0.25) is 10.1 Å². The lowest BCUT2D eigenvalue weighted by molar-refractivity contribution is 0.0977. The number of rotatable bonds is 6. The van der Waals surface area contributed by atoms with Crippen LogP contribution in [0.3, 0.4) is 0 Å². The van der Waals surface area contributed by atoms with Gasteiger partial charge in [-0.05, 0) is 49.0 Å². The second-order valence-corrected chi connectivity index (χ2v) is 5.70. The van der Waals surface area contributed by atoms with Crippen molar-refractivity contribution in [1.29, 1.82) is 5.26 Å². The number of unbranched alkanes of at least 4 members (excludes halogenated alkanes) is 1. The average Bonchev–Trinajstić information content (AvgIpc) is 2.62. The molecule has 25 heavy (non-hydrogen) atoms. The minimum Gasteiger partial charge on any atom is -0.494 e. The number of hydrogen-bond donors (Lipinski definition) is 2. The number of carbonyl (C=O) groups excluding carboxylic acids is 1.